The molecule has 1 N–H and O–H groups in total. The topological polar surface area (TPSA) is 69.2 Å². The first-order valence-corrected chi connectivity index (χ1v) is 9.04. The van der Waals surface area contributed by atoms with Crippen molar-refractivity contribution in [3.8, 4) is 22.7 Å². The van der Waals surface area contributed by atoms with Gasteiger partial charge in [-0.3, -0.25) is 13.9 Å². The summed E-state index contributed by atoms with van der Waals surface area (Å²) in [7, 11) is 3.13. The third kappa shape index (κ3) is 2.71. The summed E-state index contributed by atoms with van der Waals surface area (Å²) in [5, 5.41) is 10.1. The van der Waals surface area contributed by atoms with E-state index in [9.17, 15) is 14.7 Å². The standard InChI is InChI=1S/C20H16BrN3O3/c1-22-16-11-24(14-7-9-15(25)10-8-14)18(12-3-5-13(21)6-4-12)17(16)19(26)23(2)20(22)27/h3-11,25H,1-2H3. The molecule has 2 aromatic heterocycles. The zero-order valence-electron chi connectivity index (χ0n) is 14.7. The minimum absolute atomic E-state index is 0.156. The van der Waals surface area contributed by atoms with Crippen LogP contribution in [0.2, 0.25) is 0 Å². The van der Waals surface area contributed by atoms with Crippen LogP contribution in [-0.4, -0.2) is 18.8 Å². The van der Waals surface area contributed by atoms with Crippen LogP contribution in [0.25, 0.3) is 27.8 Å². The van der Waals surface area contributed by atoms with Gasteiger partial charge in [-0.1, -0.05) is 28.1 Å². The maximum atomic E-state index is 12.9. The Kier molecular flexibility index (Phi) is 4.04. The molecule has 0 saturated heterocycles. The number of aromatic nitrogens is 3. The molecule has 0 spiro atoms. The van der Waals surface area contributed by atoms with Gasteiger partial charge in [0.05, 0.1) is 16.6 Å². The van der Waals surface area contributed by atoms with Crippen LogP contribution in [0, 0.1) is 0 Å². The van der Waals surface area contributed by atoms with Crippen LogP contribution in [-0.2, 0) is 14.1 Å². The summed E-state index contributed by atoms with van der Waals surface area (Å²) in [6, 6.07) is 14.3. The maximum absolute atomic E-state index is 12.9. The van der Waals surface area contributed by atoms with E-state index in [4.69, 9.17) is 0 Å². The van der Waals surface area contributed by atoms with E-state index in [1.165, 1.54) is 11.6 Å². The van der Waals surface area contributed by atoms with Crippen molar-refractivity contribution in [1.82, 2.24) is 13.7 Å². The number of halogens is 1. The highest BCUT2D eigenvalue weighted by Crippen LogP contribution is 2.32. The highest BCUT2D eigenvalue weighted by molar-refractivity contribution is 9.10. The minimum atomic E-state index is -0.377. The van der Waals surface area contributed by atoms with Crippen LogP contribution in [0.15, 0.2) is 68.8 Å². The van der Waals surface area contributed by atoms with Gasteiger partial charge in [0.25, 0.3) is 5.56 Å². The van der Waals surface area contributed by atoms with E-state index in [1.54, 1.807) is 37.5 Å². The molecule has 4 aromatic rings. The van der Waals surface area contributed by atoms with Crippen molar-refractivity contribution in [3.05, 3.63) is 80.0 Å². The van der Waals surface area contributed by atoms with E-state index in [0.717, 1.165) is 20.3 Å². The van der Waals surface area contributed by atoms with Crippen molar-refractivity contribution in [2.24, 2.45) is 14.1 Å². The van der Waals surface area contributed by atoms with Gasteiger partial charge in [0.1, 0.15) is 5.75 Å². The molecule has 27 heavy (non-hydrogen) atoms. The zero-order chi connectivity index (χ0) is 19.3. The van der Waals surface area contributed by atoms with Gasteiger partial charge in [-0.2, -0.15) is 0 Å². The van der Waals surface area contributed by atoms with Gasteiger partial charge in [0.2, 0.25) is 0 Å². The average Bonchev–Trinajstić information content (AvgIpc) is 3.06. The lowest BCUT2D eigenvalue weighted by Crippen LogP contribution is -2.36. The Morgan fingerprint density at radius 1 is 0.889 bits per heavy atom. The first kappa shape index (κ1) is 17.4. The molecular weight excluding hydrogens is 410 g/mol. The van der Waals surface area contributed by atoms with Crippen molar-refractivity contribution >= 4 is 26.8 Å². The predicted octanol–water partition coefficient (Wildman–Crippen LogP) is 3.16. The van der Waals surface area contributed by atoms with E-state index in [0.29, 0.717) is 16.6 Å². The summed E-state index contributed by atoms with van der Waals surface area (Å²) in [6.07, 6.45) is 1.78. The summed E-state index contributed by atoms with van der Waals surface area (Å²) in [4.78, 5) is 25.3. The molecule has 0 aliphatic rings. The molecular formula is C20H16BrN3O3. The molecule has 4 rings (SSSR count). The fourth-order valence-electron chi connectivity index (χ4n) is 3.25. The number of fused-ring (bicyclic) bond motifs is 1. The van der Waals surface area contributed by atoms with E-state index in [-0.39, 0.29) is 17.0 Å². The Hall–Kier alpha value is -3.06. The van der Waals surface area contributed by atoms with Gasteiger partial charge >= 0.3 is 5.69 Å². The van der Waals surface area contributed by atoms with Crippen LogP contribution in [0.4, 0.5) is 0 Å². The monoisotopic (exact) mass is 425 g/mol. The molecule has 7 heteroatoms. The second kappa shape index (κ2) is 6.28. The number of aryl methyl sites for hydroxylation is 1. The second-order valence-electron chi connectivity index (χ2n) is 6.34. The number of hydrogen-bond acceptors (Lipinski definition) is 3. The van der Waals surface area contributed by atoms with Gasteiger partial charge in [-0.25, -0.2) is 4.79 Å². The van der Waals surface area contributed by atoms with E-state index >= 15 is 0 Å². The SMILES string of the molecule is Cn1c(=O)c2c(-c3ccc(Br)cc3)n(-c3ccc(O)cc3)cc2n(C)c1=O. The highest BCUT2D eigenvalue weighted by Gasteiger charge is 2.20. The summed E-state index contributed by atoms with van der Waals surface area (Å²) in [5.41, 5.74) is 2.14. The van der Waals surface area contributed by atoms with E-state index in [1.807, 2.05) is 28.8 Å². The number of nitrogens with zero attached hydrogens (tertiary/aromatic N) is 3. The van der Waals surface area contributed by atoms with Crippen LogP contribution in [0.5, 0.6) is 5.75 Å². The molecule has 0 fully saturated rings. The van der Waals surface area contributed by atoms with Gasteiger partial charge in [0.15, 0.2) is 0 Å². The number of benzene rings is 2. The lowest BCUT2D eigenvalue weighted by molar-refractivity contribution is 0.475. The third-order valence-corrected chi connectivity index (χ3v) is 5.21. The molecule has 0 aliphatic heterocycles. The minimum Gasteiger partial charge on any atom is -0.508 e. The molecule has 2 heterocycles. The number of hydrogen-bond donors (Lipinski definition) is 1. The van der Waals surface area contributed by atoms with Crippen molar-refractivity contribution in [1.29, 1.82) is 0 Å². The van der Waals surface area contributed by atoms with Crippen LogP contribution in [0.1, 0.15) is 0 Å². The molecule has 6 nitrogen and oxygen atoms in total. The summed E-state index contributed by atoms with van der Waals surface area (Å²) in [6.45, 7) is 0. The molecule has 0 atom stereocenters. The average molecular weight is 426 g/mol. The Balaban J connectivity index is 2.18. The lowest BCUT2D eigenvalue weighted by atomic mass is 10.1. The van der Waals surface area contributed by atoms with Crippen molar-refractivity contribution in [2.45, 2.75) is 0 Å². The quantitative estimate of drug-likeness (QED) is 0.536. The molecule has 0 radical (unpaired) electrons. The van der Waals surface area contributed by atoms with Gasteiger partial charge < -0.3 is 9.67 Å². The zero-order valence-corrected chi connectivity index (χ0v) is 16.3. The first-order chi connectivity index (χ1) is 12.9. The second-order valence-corrected chi connectivity index (χ2v) is 7.25. The summed E-state index contributed by atoms with van der Waals surface area (Å²) < 4.78 is 5.38. The largest absolute Gasteiger partial charge is 0.508 e. The molecule has 2 aromatic carbocycles. The van der Waals surface area contributed by atoms with Crippen molar-refractivity contribution in [3.63, 3.8) is 0 Å². The van der Waals surface area contributed by atoms with E-state index in [2.05, 4.69) is 15.9 Å². The Morgan fingerprint density at radius 3 is 2.15 bits per heavy atom. The van der Waals surface area contributed by atoms with Gasteiger partial charge in [-0.05, 0) is 42.0 Å². The van der Waals surface area contributed by atoms with Crippen molar-refractivity contribution in [2.75, 3.05) is 0 Å². The fraction of sp³-hybridized carbons (Fsp3) is 0.100. The van der Waals surface area contributed by atoms with Gasteiger partial charge in [-0.15, -0.1) is 0 Å². The molecule has 0 unspecified atom stereocenters. The Labute approximate surface area is 162 Å². The Morgan fingerprint density at radius 2 is 1.52 bits per heavy atom. The number of rotatable bonds is 2. The lowest BCUT2D eigenvalue weighted by Gasteiger charge is -2.10. The predicted molar refractivity (Wildman–Crippen MR) is 109 cm³/mol. The van der Waals surface area contributed by atoms with Crippen LogP contribution in [0.3, 0.4) is 0 Å². The summed E-state index contributed by atoms with van der Waals surface area (Å²) in [5.74, 6) is 0.156. The highest BCUT2D eigenvalue weighted by atomic mass is 79.9. The van der Waals surface area contributed by atoms with Crippen LogP contribution < -0.4 is 11.2 Å². The Bertz CT molecular complexity index is 1280. The number of phenolic OH excluding ortho intramolecular Hbond substituents is 1. The normalized spacial score (nSPS) is 11.2. The first-order valence-electron chi connectivity index (χ1n) is 8.25. The van der Waals surface area contributed by atoms with Crippen LogP contribution >= 0.6 is 15.9 Å². The third-order valence-electron chi connectivity index (χ3n) is 4.68. The molecule has 0 aliphatic carbocycles. The smallest absolute Gasteiger partial charge is 0.330 e. The molecule has 136 valence electrons. The number of aromatic hydroxyl groups is 1. The fourth-order valence-corrected chi connectivity index (χ4v) is 3.51. The molecule has 0 bridgehead atoms. The van der Waals surface area contributed by atoms with E-state index < -0.39 is 0 Å². The molecule has 0 saturated carbocycles. The molecule has 0 amide bonds. The number of phenols is 1. The maximum Gasteiger partial charge on any atom is 0.330 e. The van der Waals surface area contributed by atoms with Gasteiger partial charge in [0, 0.05) is 30.5 Å². The van der Waals surface area contributed by atoms with Crippen molar-refractivity contribution < 1.29 is 5.11 Å². The summed E-state index contributed by atoms with van der Waals surface area (Å²) >= 11 is 3.43.